The monoisotopic (exact) mass is 300 g/mol. The van der Waals surface area contributed by atoms with Crippen molar-refractivity contribution in [1.29, 1.82) is 0 Å². The second-order valence-corrected chi connectivity index (χ2v) is 6.07. The number of benzene rings is 3. The van der Waals surface area contributed by atoms with Gasteiger partial charge >= 0.3 is 6.18 Å². The summed E-state index contributed by atoms with van der Waals surface area (Å²) in [4.78, 5) is 0. The Morgan fingerprint density at radius 3 is 2.41 bits per heavy atom. The lowest BCUT2D eigenvalue weighted by Gasteiger charge is -2.27. The smallest absolute Gasteiger partial charge is 0.171 e. The van der Waals surface area contributed by atoms with E-state index in [1.165, 1.54) is 10.8 Å². The van der Waals surface area contributed by atoms with Crippen LogP contribution in [-0.4, -0.2) is 6.18 Å². The van der Waals surface area contributed by atoms with Gasteiger partial charge in [-0.15, -0.1) is 0 Å². The number of hydrogen-bond acceptors (Lipinski definition) is 0. The lowest BCUT2D eigenvalue weighted by Crippen LogP contribution is -2.28. The molecule has 0 saturated carbocycles. The third-order valence-electron chi connectivity index (χ3n) is 4.81. The zero-order valence-corrected chi connectivity index (χ0v) is 12.0. The minimum Gasteiger partial charge on any atom is -0.171 e. The second-order valence-electron chi connectivity index (χ2n) is 6.07. The predicted octanol–water partition coefficient (Wildman–Crippen LogP) is 5.66. The molecule has 22 heavy (non-hydrogen) atoms. The molecule has 0 aromatic heterocycles. The summed E-state index contributed by atoms with van der Waals surface area (Å²) >= 11 is 0. The van der Waals surface area contributed by atoms with Crippen molar-refractivity contribution in [3.05, 3.63) is 59.7 Å². The molecule has 0 saturated heterocycles. The highest BCUT2D eigenvalue weighted by atomic mass is 19.4. The van der Waals surface area contributed by atoms with Crippen molar-refractivity contribution in [2.24, 2.45) is 5.92 Å². The van der Waals surface area contributed by atoms with Gasteiger partial charge in [-0.3, -0.25) is 0 Å². The quantitative estimate of drug-likeness (QED) is 0.470. The molecule has 0 spiro atoms. The van der Waals surface area contributed by atoms with E-state index in [0.29, 0.717) is 6.42 Å². The first-order chi connectivity index (χ1) is 10.5. The van der Waals surface area contributed by atoms with Crippen LogP contribution >= 0.6 is 0 Å². The molecular formula is C19H15F3. The standard InChI is InChI=1S/C19H15F3/c20-19(21,22)14-7-10-16-13(11-14)6-9-17-15-4-2-1-3-12(15)5-8-18(16)17/h1-6,8-9,14H,7,10-11H2. The van der Waals surface area contributed by atoms with Crippen LogP contribution in [0.15, 0.2) is 48.5 Å². The van der Waals surface area contributed by atoms with Gasteiger partial charge < -0.3 is 0 Å². The Morgan fingerprint density at radius 1 is 0.818 bits per heavy atom. The zero-order chi connectivity index (χ0) is 15.3. The topological polar surface area (TPSA) is 0 Å². The fourth-order valence-corrected chi connectivity index (χ4v) is 3.65. The average Bonchev–Trinajstić information content (AvgIpc) is 2.52. The highest BCUT2D eigenvalue weighted by molar-refractivity contribution is 6.08. The Balaban J connectivity index is 1.90. The van der Waals surface area contributed by atoms with Gasteiger partial charge in [0.05, 0.1) is 5.92 Å². The van der Waals surface area contributed by atoms with Gasteiger partial charge in [0.2, 0.25) is 0 Å². The van der Waals surface area contributed by atoms with Gasteiger partial charge in [-0.2, -0.15) is 13.2 Å². The van der Waals surface area contributed by atoms with Crippen LogP contribution in [-0.2, 0) is 12.8 Å². The molecule has 0 fully saturated rings. The van der Waals surface area contributed by atoms with Crippen LogP contribution in [0.3, 0.4) is 0 Å². The van der Waals surface area contributed by atoms with Crippen LogP contribution in [0, 0.1) is 5.92 Å². The van der Waals surface area contributed by atoms with Crippen molar-refractivity contribution in [2.45, 2.75) is 25.4 Å². The van der Waals surface area contributed by atoms with Crippen molar-refractivity contribution in [2.75, 3.05) is 0 Å². The summed E-state index contributed by atoms with van der Waals surface area (Å²) < 4.78 is 38.9. The lowest BCUT2D eigenvalue weighted by atomic mass is 9.81. The maximum absolute atomic E-state index is 13.0. The third-order valence-corrected chi connectivity index (χ3v) is 4.81. The molecule has 112 valence electrons. The van der Waals surface area contributed by atoms with Crippen LogP contribution in [0.1, 0.15) is 17.5 Å². The molecule has 0 bridgehead atoms. The van der Waals surface area contributed by atoms with Crippen molar-refractivity contribution in [1.82, 2.24) is 0 Å². The normalized spacial score (nSPS) is 18.6. The molecule has 0 nitrogen and oxygen atoms in total. The summed E-state index contributed by atoms with van der Waals surface area (Å²) in [5, 5.41) is 4.58. The van der Waals surface area contributed by atoms with E-state index < -0.39 is 12.1 Å². The molecule has 3 heteroatoms. The maximum Gasteiger partial charge on any atom is 0.392 e. The number of halogens is 3. The van der Waals surface area contributed by atoms with Crippen LogP contribution in [0.4, 0.5) is 13.2 Å². The molecule has 4 rings (SSSR count). The Kier molecular flexibility index (Phi) is 2.93. The molecule has 0 amide bonds. The van der Waals surface area contributed by atoms with E-state index >= 15 is 0 Å². The van der Waals surface area contributed by atoms with Gasteiger partial charge in [0, 0.05) is 0 Å². The van der Waals surface area contributed by atoms with Crippen molar-refractivity contribution in [3.63, 3.8) is 0 Å². The molecule has 1 aliphatic carbocycles. The van der Waals surface area contributed by atoms with E-state index in [4.69, 9.17) is 0 Å². The van der Waals surface area contributed by atoms with E-state index in [1.54, 1.807) is 0 Å². The predicted molar refractivity (Wildman–Crippen MR) is 83.0 cm³/mol. The number of aryl methyl sites for hydroxylation is 1. The number of rotatable bonds is 0. The molecule has 0 heterocycles. The molecule has 0 radical (unpaired) electrons. The lowest BCUT2D eigenvalue weighted by molar-refractivity contribution is -0.177. The van der Waals surface area contributed by atoms with Crippen LogP contribution in [0.5, 0.6) is 0 Å². The van der Waals surface area contributed by atoms with Gasteiger partial charge in [0.1, 0.15) is 0 Å². The van der Waals surface area contributed by atoms with Gasteiger partial charge in [0.25, 0.3) is 0 Å². The van der Waals surface area contributed by atoms with Gasteiger partial charge in [-0.05, 0) is 51.9 Å². The van der Waals surface area contributed by atoms with Gasteiger partial charge in [0.15, 0.2) is 0 Å². The first kappa shape index (κ1) is 13.6. The molecule has 1 unspecified atom stereocenters. The van der Waals surface area contributed by atoms with Crippen LogP contribution in [0.2, 0.25) is 0 Å². The maximum atomic E-state index is 13.0. The average molecular weight is 300 g/mol. The Labute approximate surface area is 126 Å². The van der Waals surface area contributed by atoms with E-state index in [2.05, 4.69) is 24.3 Å². The minimum absolute atomic E-state index is 0.113. The molecular weight excluding hydrogens is 285 g/mol. The number of alkyl halides is 3. The Hall–Kier alpha value is -2.03. The highest BCUT2D eigenvalue weighted by Gasteiger charge is 2.41. The fraction of sp³-hybridized carbons (Fsp3) is 0.263. The zero-order valence-electron chi connectivity index (χ0n) is 12.0. The SMILES string of the molecule is FC(F)(F)C1CCc2c(ccc3c2ccc2ccccc23)C1. The summed E-state index contributed by atoms with van der Waals surface area (Å²) in [7, 11) is 0. The number of fused-ring (bicyclic) bond motifs is 5. The molecule has 0 aliphatic heterocycles. The highest BCUT2D eigenvalue weighted by Crippen LogP contribution is 2.40. The van der Waals surface area contributed by atoms with Crippen LogP contribution < -0.4 is 0 Å². The van der Waals surface area contributed by atoms with E-state index in [9.17, 15) is 13.2 Å². The van der Waals surface area contributed by atoms with Crippen LogP contribution in [0.25, 0.3) is 21.5 Å². The first-order valence-electron chi connectivity index (χ1n) is 7.53. The Bertz CT molecular complexity index is 862. The fourth-order valence-electron chi connectivity index (χ4n) is 3.65. The summed E-state index contributed by atoms with van der Waals surface area (Å²) in [5.74, 6) is -1.20. The van der Waals surface area contributed by atoms with E-state index in [0.717, 1.165) is 21.9 Å². The van der Waals surface area contributed by atoms with E-state index in [1.807, 2.05) is 24.3 Å². The largest absolute Gasteiger partial charge is 0.392 e. The van der Waals surface area contributed by atoms with Crippen molar-refractivity contribution in [3.8, 4) is 0 Å². The van der Waals surface area contributed by atoms with Gasteiger partial charge in [-0.1, -0.05) is 48.5 Å². The summed E-state index contributed by atoms with van der Waals surface area (Å²) in [5.41, 5.74) is 1.96. The molecule has 3 aromatic rings. The molecule has 3 aromatic carbocycles. The summed E-state index contributed by atoms with van der Waals surface area (Å²) in [6.07, 6.45) is -3.27. The van der Waals surface area contributed by atoms with Crippen molar-refractivity contribution < 1.29 is 13.2 Å². The second kappa shape index (κ2) is 4.73. The molecule has 1 aliphatic rings. The van der Waals surface area contributed by atoms with Gasteiger partial charge in [-0.25, -0.2) is 0 Å². The third kappa shape index (κ3) is 2.07. The van der Waals surface area contributed by atoms with E-state index in [-0.39, 0.29) is 12.8 Å². The Morgan fingerprint density at radius 2 is 1.59 bits per heavy atom. The first-order valence-corrected chi connectivity index (χ1v) is 7.53. The molecule has 1 atom stereocenters. The summed E-state index contributed by atoms with van der Waals surface area (Å²) in [6, 6.07) is 16.1. The minimum atomic E-state index is -4.09. The van der Waals surface area contributed by atoms with Crippen molar-refractivity contribution >= 4 is 21.5 Å². The summed E-state index contributed by atoms with van der Waals surface area (Å²) in [6.45, 7) is 0. The molecule has 0 N–H and O–H groups in total. The number of hydrogen-bond donors (Lipinski definition) is 0.